The van der Waals surface area contributed by atoms with Gasteiger partial charge in [0.25, 0.3) is 0 Å². The lowest BCUT2D eigenvalue weighted by molar-refractivity contribution is -0.0858. The first-order valence-electron chi connectivity index (χ1n) is 7.50. The van der Waals surface area contributed by atoms with Crippen molar-refractivity contribution in [1.29, 1.82) is 0 Å². The van der Waals surface area contributed by atoms with Crippen LogP contribution in [0.5, 0.6) is 0 Å². The monoisotopic (exact) mass is 285 g/mol. The Hall–Kier alpha value is -1.72. The van der Waals surface area contributed by atoms with Crippen molar-refractivity contribution in [2.75, 3.05) is 7.11 Å². The number of nitrogens with one attached hydrogen (secondary N) is 1. The summed E-state index contributed by atoms with van der Waals surface area (Å²) in [6.07, 6.45) is 4.00. The lowest BCUT2D eigenvalue weighted by Gasteiger charge is -2.37. The molecular formula is C16H19N3O2. The molecule has 4 rings (SSSR count). The molecule has 1 N–H and O–H groups in total. The fourth-order valence-electron chi connectivity index (χ4n) is 3.21. The van der Waals surface area contributed by atoms with E-state index in [1.54, 1.807) is 7.11 Å². The van der Waals surface area contributed by atoms with Gasteiger partial charge in [0.2, 0.25) is 11.7 Å². The molecule has 0 unspecified atom stereocenters. The fraction of sp³-hybridized carbons (Fsp3) is 0.500. The van der Waals surface area contributed by atoms with Gasteiger partial charge in [-0.25, -0.2) is 0 Å². The molecule has 2 aromatic rings. The van der Waals surface area contributed by atoms with Crippen LogP contribution >= 0.6 is 0 Å². The van der Waals surface area contributed by atoms with Gasteiger partial charge < -0.3 is 14.6 Å². The first-order chi connectivity index (χ1) is 10.3. The average molecular weight is 285 g/mol. The second kappa shape index (κ2) is 4.93. The molecule has 2 heterocycles. The molecule has 1 aromatic carbocycles. The van der Waals surface area contributed by atoms with Crippen LogP contribution in [0.15, 0.2) is 28.8 Å². The molecule has 0 amide bonds. The highest BCUT2D eigenvalue weighted by atomic mass is 16.5. The standard InChI is InChI=1S/C16H19N3O2/c1-20-16(7-4-8-16)15-18-14(21-19-15)13-9-11-5-2-3-6-12(11)10-17-13/h2-3,5-6,13,17H,4,7-10H2,1H3/t13-/m1/s1. The predicted octanol–water partition coefficient (Wildman–Crippen LogP) is 2.48. The van der Waals surface area contributed by atoms with Crippen LogP contribution in [0.4, 0.5) is 0 Å². The van der Waals surface area contributed by atoms with Crippen molar-refractivity contribution in [2.45, 2.75) is 43.9 Å². The summed E-state index contributed by atoms with van der Waals surface area (Å²) >= 11 is 0. The highest BCUT2D eigenvalue weighted by Crippen LogP contribution is 2.43. The number of hydrogen-bond donors (Lipinski definition) is 1. The second-order valence-corrected chi connectivity index (χ2v) is 5.91. The molecule has 2 aliphatic rings. The van der Waals surface area contributed by atoms with Gasteiger partial charge in [-0.1, -0.05) is 29.4 Å². The largest absolute Gasteiger partial charge is 0.370 e. The van der Waals surface area contributed by atoms with Gasteiger partial charge in [0.1, 0.15) is 5.60 Å². The average Bonchev–Trinajstić information content (AvgIpc) is 2.96. The highest BCUT2D eigenvalue weighted by molar-refractivity contribution is 5.30. The zero-order valence-electron chi connectivity index (χ0n) is 12.1. The van der Waals surface area contributed by atoms with Crippen LogP contribution in [0, 0.1) is 0 Å². The van der Waals surface area contributed by atoms with Crippen molar-refractivity contribution in [3.8, 4) is 0 Å². The Balaban J connectivity index is 1.57. The van der Waals surface area contributed by atoms with Crippen LogP contribution in [0.2, 0.25) is 0 Å². The van der Waals surface area contributed by atoms with E-state index in [0.29, 0.717) is 11.7 Å². The lowest BCUT2D eigenvalue weighted by Crippen LogP contribution is -2.37. The van der Waals surface area contributed by atoms with Crippen molar-refractivity contribution in [1.82, 2.24) is 15.5 Å². The quantitative estimate of drug-likeness (QED) is 0.938. The second-order valence-electron chi connectivity index (χ2n) is 5.91. The number of methoxy groups -OCH3 is 1. The molecule has 1 fully saturated rings. The minimum Gasteiger partial charge on any atom is -0.370 e. The van der Waals surface area contributed by atoms with E-state index in [1.807, 2.05) is 0 Å². The Morgan fingerprint density at radius 3 is 2.81 bits per heavy atom. The third kappa shape index (κ3) is 2.08. The van der Waals surface area contributed by atoms with Crippen molar-refractivity contribution >= 4 is 0 Å². The van der Waals surface area contributed by atoms with Crippen molar-refractivity contribution < 1.29 is 9.26 Å². The molecule has 1 atom stereocenters. The summed E-state index contributed by atoms with van der Waals surface area (Å²) < 4.78 is 11.1. The maximum Gasteiger partial charge on any atom is 0.244 e. The molecule has 0 spiro atoms. The fourth-order valence-corrected chi connectivity index (χ4v) is 3.21. The Morgan fingerprint density at radius 1 is 1.29 bits per heavy atom. The molecule has 110 valence electrons. The molecule has 1 aliphatic carbocycles. The van der Waals surface area contributed by atoms with E-state index >= 15 is 0 Å². The summed E-state index contributed by atoms with van der Waals surface area (Å²) in [5.41, 5.74) is 2.39. The molecule has 1 aliphatic heterocycles. The molecule has 1 saturated carbocycles. The van der Waals surface area contributed by atoms with Crippen LogP contribution in [0.1, 0.15) is 48.1 Å². The van der Waals surface area contributed by atoms with Gasteiger partial charge in [-0.2, -0.15) is 4.98 Å². The van der Waals surface area contributed by atoms with Gasteiger partial charge >= 0.3 is 0 Å². The van der Waals surface area contributed by atoms with Crippen molar-refractivity contribution in [3.05, 3.63) is 47.1 Å². The summed E-state index contributed by atoms with van der Waals surface area (Å²) in [5.74, 6) is 1.37. The van der Waals surface area contributed by atoms with Crippen LogP contribution in [-0.2, 0) is 23.3 Å². The number of ether oxygens (including phenoxy) is 1. The van der Waals surface area contributed by atoms with Gasteiger partial charge in [-0.3, -0.25) is 0 Å². The van der Waals surface area contributed by atoms with Crippen molar-refractivity contribution in [2.24, 2.45) is 0 Å². The normalized spacial score (nSPS) is 23.4. The zero-order valence-corrected chi connectivity index (χ0v) is 12.1. The summed E-state index contributed by atoms with van der Waals surface area (Å²) in [4.78, 5) is 4.61. The number of nitrogens with zero attached hydrogens (tertiary/aromatic N) is 2. The van der Waals surface area contributed by atoms with Crippen LogP contribution in [-0.4, -0.2) is 17.3 Å². The van der Waals surface area contributed by atoms with E-state index in [-0.39, 0.29) is 11.6 Å². The van der Waals surface area contributed by atoms with E-state index in [1.165, 1.54) is 11.1 Å². The summed E-state index contributed by atoms with van der Waals surface area (Å²) in [5, 5.41) is 7.63. The Kier molecular flexibility index (Phi) is 3.05. The highest BCUT2D eigenvalue weighted by Gasteiger charge is 2.43. The number of fused-ring (bicyclic) bond motifs is 1. The molecule has 21 heavy (non-hydrogen) atoms. The third-order valence-electron chi connectivity index (χ3n) is 4.78. The number of aromatic nitrogens is 2. The van der Waals surface area contributed by atoms with Gasteiger partial charge in [-0.15, -0.1) is 0 Å². The Bertz CT molecular complexity index is 643. The van der Waals surface area contributed by atoms with Crippen LogP contribution in [0.3, 0.4) is 0 Å². The minimum absolute atomic E-state index is 0.0927. The van der Waals surface area contributed by atoms with E-state index in [2.05, 4.69) is 39.7 Å². The topological polar surface area (TPSA) is 60.2 Å². The zero-order chi connectivity index (χ0) is 14.3. The van der Waals surface area contributed by atoms with E-state index < -0.39 is 0 Å². The Labute approximate surface area is 123 Å². The lowest BCUT2D eigenvalue weighted by atomic mass is 9.79. The smallest absolute Gasteiger partial charge is 0.244 e. The maximum atomic E-state index is 5.61. The number of hydrogen-bond acceptors (Lipinski definition) is 5. The molecule has 0 bridgehead atoms. The van der Waals surface area contributed by atoms with E-state index in [0.717, 1.165) is 32.2 Å². The van der Waals surface area contributed by atoms with Crippen LogP contribution in [0.25, 0.3) is 0 Å². The summed E-state index contributed by atoms with van der Waals surface area (Å²) in [6.45, 7) is 0.841. The SMILES string of the molecule is COC1(c2noc([C@H]3Cc4ccccc4CN3)n2)CCC1. The predicted molar refractivity (Wildman–Crippen MR) is 76.6 cm³/mol. The number of rotatable bonds is 3. The third-order valence-corrected chi connectivity index (χ3v) is 4.78. The molecular weight excluding hydrogens is 266 g/mol. The molecule has 1 aromatic heterocycles. The Morgan fingerprint density at radius 2 is 2.10 bits per heavy atom. The van der Waals surface area contributed by atoms with Gasteiger partial charge in [0.05, 0.1) is 6.04 Å². The molecule has 5 heteroatoms. The maximum absolute atomic E-state index is 5.61. The first kappa shape index (κ1) is 13.0. The molecule has 0 radical (unpaired) electrons. The number of benzene rings is 1. The summed E-state index contributed by atoms with van der Waals surface area (Å²) in [6, 6.07) is 8.57. The van der Waals surface area contributed by atoms with Gasteiger partial charge in [0.15, 0.2) is 0 Å². The van der Waals surface area contributed by atoms with E-state index in [9.17, 15) is 0 Å². The van der Waals surface area contributed by atoms with Gasteiger partial charge in [-0.05, 0) is 36.8 Å². The summed E-state index contributed by atoms with van der Waals surface area (Å²) in [7, 11) is 1.73. The minimum atomic E-state index is -0.311. The molecule has 0 saturated heterocycles. The first-order valence-corrected chi connectivity index (χ1v) is 7.50. The van der Waals surface area contributed by atoms with Crippen LogP contribution < -0.4 is 5.32 Å². The molecule has 5 nitrogen and oxygen atoms in total. The van der Waals surface area contributed by atoms with E-state index in [4.69, 9.17) is 9.26 Å². The van der Waals surface area contributed by atoms with Gasteiger partial charge in [0, 0.05) is 13.7 Å². The van der Waals surface area contributed by atoms with Crippen molar-refractivity contribution in [3.63, 3.8) is 0 Å².